The highest BCUT2D eigenvalue weighted by molar-refractivity contribution is 5.67. The number of aliphatic carboxylic acids is 1. The van der Waals surface area contributed by atoms with E-state index < -0.39 is 17.9 Å². The highest BCUT2D eigenvalue weighted by atomic mass is 16.7. The van der Waals surface area contributed by atoms with Crippen LogP contribution in [0.1, 0.15) is 97.8 Å². The first-order valence-corrected chi connectivity index (χ1v) is 13.9. The molecule has 35 heavy (non-hydrogen) atoms. The Morgan fingerprint density at radius 3 is 2.40 bits per heavy atom. The first-order valence-electron chi connectivity index (χ1n) is 13.9. The van der Waals surface area contributed by atoms with Crippen molar-refractivity contribution in [1.82, 2.24) is 0 Å². The number of carboxylic acids is 1. The topological polar surface area (TPSA) is 93.1 Å². The number of methoxy groups -OCH3 is 1. The summed E-state index contributed by atoms with van der Waals surface area (Å²) < 4.78 is 12.3. The second-order valence-electron chi connectivity index (χ2n) is 12.3. The molecule has 0 unspecified atom stereocenters. The fourth-order valence-corrected chi connectivity index (χ4v) is 9.01. The summed E-state index contributed by atoms with van der Waals surface area (Å²) in [6, 6.07) is 0. The van der Waals surface area contributed by atoms with Gasteiger partial charge in [-0.3, -0.25) is 4.79 Å². The smallest absolute Gasteiger partial charge is 0.300 e. The molecular formula is C29H46O6. The highest BCUT2D eigenvalue weighted by Gasteiger charge is 2.68. The van der Waals surface area contributed by atoms with Crippen LogP contribution in [0.3, 0.4) is 0 Å². The largest absolute Gasteiger partial charge is 0.481 e. The number of allylic oxidation sites excluding steroid dienone is 2. The molecule has 0 amide bonds. The quantitative estimate of drug-likeness (QED) is 0.300. The molecular weight excluding hydrogens is 444 g/mol. The molecule has 0 aromatic carbocycles. The maximum atomic E-state index is 12.6. The van der Waals surface area contributed by atoms with Crippen LogP contribution in [0.25, 0.3) is 0 Å². The Balaban J connectivity index is 0.000000672. The van der Waals surface area contributed by atoms with Gasteiger partial charge in [-0.1, -0.05) is 38.3 Å². The fourth-order valence-electron chi connectivity index (χ4n) is 9.01. The van der Waals surface area contributed by atoms with E-state index in [0.717, 1.165) is 71.1 Å². The summed E-state index contributed by atoms with van der Waals surface area (Å²) in [5, 5.41) is 19.6. The Morgan fingerprint density at radius 1 is 1.11 bits per heavy atom. The maximum absolute atomic E-state index is 12.6. The Kier molecular flexibility index (Phi) is 7.86. The average molecular weight is 491 g/mol. The van der Waals surface area contributed by atoms with Crippen LogP contribution >= 0.6 is 0 Å². The van der Waals surface area contributed by atoms with Crippen LogP contribution in [-0.2, 0) is 19.1 Å². The van der Waals surface area contributed by atoms with Crippen molar-refractivity contribution >= 4 is 12.3 Å². The number of carbonyl (C=O) groups excluding carboxylic acids is 1. The molecule has 0 aliphatic heterocycles. The van der Waals surface area contributed by atoms with Crippen LogP contribution < -0.4 is 0 Å². The van der Waals surface area contributed by atoms with Gasteiger partial charge < -0.3 is 24.5 Å². The number of rotatable bonds is 5. The Morgan fingerprint density at radius 2 is 1.77 bits per heavy atom. The van der Waals surface area contributed by atoms with E-state index in [-0.39, 0.29) is 16.9 Å². The lowest BCUT2D eigenvalue weighted by molar-refractivity contribution is -0.283. The number of hydrogen-bond acceptors (Lipinski definition) is 5. The molecule has 0 aromatic rings. The summed E-state index contributed by atoms with van der Waals surface area (Å²) in [4.78, 5) is 21.6. The summed E-state index contributed by atoms with van der Waals surface area (Å²) in [6.07, 6.45) is 16.0. The molecule has 0 spiro atoms. The van der Waals surface area contributed by atoms with Gasteiger partial charge in [-0.2, -0.15) is 0 Å². The van der Waals surface area contributed by atoms with Gasteiger partial charge in [0.05, 0.1) is 6.10 Å². The minimum atomic E-state index is -0.948. The van der Waals surface area contributed by atoms with Gasteiger partial charge in [-0.05, 0) is 87.9 Å². The van der Waals surface area contributed by atoms with Crippen LogP contribution in [0, 0.1) is 34.5 Å². The normalized spacial score (nSPS) is 43.6. The molecule has 6 nitrogen and oxygen atoms in total. The standard InChI is InChI=1S/C27H42O4.C2H4O2/c1-18-16-19-8-6-7-13-26(19,17-28)22-11-14-25(2)21(23(18)22)12-15-27(25,29)24(30-3)31-20-9-4-5-10-20;1-2(3)4/h8,17-18,20-24,29H,4-7,9-16H2,1-3H3;1H3,(H,3,4)/t18-,21+,22+,23+,24-,25+,26-,27-;/m1./s1. The second kappa shape index (κ2) is 10.3. The number of carboxylic acid groups (broad SMARTS) is 1. The third kappa shape index (κ3) is 4.42. The summed E-state index contributed by atoms with van der Waals surface area (Å²) in [6.45, 7) is 5.78. The van der Waals surface area contributed by atoms with E-state index in [1.54, 1.807) is 7.11 Å². The number of carbonyl (C=O) groups is 2. The van der Waals surface area contributed by atoms with Crippen LogP contribution in [0.15, 0.2) is 11.6 Å². The van der Waals surface area contributed by atoms with Gasteiger partial charge in [0.15, 0.2) is 6.29 Å². The van der Waals surface area contributed by atoms with Gasteiger partial charge >= 0.3 is 0 Å². The van der Waals surface area contributed by atoms with Crippen LogP contribution in [0.4, 0.5) is 0 Å². The van der Waals surface area contributed by atoms with E-state index in [1.807, 2.05) is 0 Å². The fraction of sp³-hybridized carbons (Fsp3) is 0.862. The van der Waals surface area contributed by atoms with Crippen molar-refractivity contribution in [1.29, 1.82) is 0 Å². The van der Waals surface area contributed by atoms with E-state index in [1.165, 1.54) is 24.7 Å². The van der Waals surface area contributed by atoms with Crippen molar-refractivity contribution in [2.45, 2.75) is 116 Å². The average Bonchev–Trinajstić information content (AvgIpc) is 3.43. The lowest BCUT2D eigenvalue weighted by Crippen LogP contribution is -2.61. The van der Waals surface area contributed by atoms with E-state index in [0.29, 0.717) is 23.7 Å². The minimum absolute atomic E-state index is 0.217. The third-order valence-corrected chi connectivity index (χ3v) is 10.6. The summed E-state index contributed by atoms with van der Waals surface area (Å²) >= 11 is 0. The summed E-state index contributed by atoms with van der Waals surface area (Å²) in [5.74, 6) is 1.08. The van der Waals surface area contributed by atoms with Crippen molar-refractivity contribution in [3.8, 4) is 0 Å². The van der Waals surface area contributed by atoms with E-state index in [4.69, 9.17) is 19.4 Å². The lowest BCUT2D eigenvalue weighted by Gasteiger charge is -2.60. The Hall–Kier alpha value is -1.24. The van der Waals surface area contributed by atoms with Crippen LogP contribution in [0.2, 0.25) is 0 Å². The van der Waals surface area contributed by atoms with Gasteiger partial charge in [0, 0.05) is 24.9 Å². The third-order valence-electron chi connectivity index (χ3n) is 10.6. The van der Waals surface area contributed by atoms with Gasteiger partial charge in [0.25, 0.3) is 5.97 Å². The van der Waals surface area contributed by atoms with E-state index in [2.05, 4.69) is 19.9 Å². The molecule has 5 aliphatic carbocycles. The summed E-state index contributed by atoms with van der Waals surface area (Å²) in [7, 11) is 1.70. The molecule has 4 fully saturated rings. The van der Waals surface area contributed by atoms with E-state index in [9.17, 15) is 9.90 Å². The zero-order chi connectivity index (χ0) is 25.4. The van der Waals surface area contributed by atoms with Gasteiger partial charge in [0.1, 0.15) is 11.9 Å². The monoisotopic (exact) mass is 490 g/mol. The van der Waals surface area contributed by atoms with Crippen molar-refractivity contribution in [3.05, 3.63) is 11.6 Å². The summed E-state index contributed by atoms with van der Waals surface area (Å²) in [5.41, 5.74) is 0.0234. The molecule has 0 aromatic heterocycles. The number of aliphatic hydroxyl groups is 1. The van der Waals surface area contributed by atoms with Crippen LogP contribution in [-0.4, -0.2) is 47.6 Å². The molecule has 0 heterocycles. The molecule has 5 rings (SSSR count). The van der Waals surface area contributed by atoms with Crippen molar-refractivity contribution in [3.63, 3.8) is 0 Å². The first kappa shape index (κ1) is 26.8. The molecule has 4 saturated carbocycles. The number of ether oxygens (including phenoxy) is 2. The number of fused-ring (bicyclic) bond motifs is 5. The lowest BCUT2D eigenvalue weighted by atomic mass is 9.44. The molecule has 5 aliphatic rings. The molecule has 0 saturated heterocycles. The zero-order valence-corrected chi connectivity index (χ0v) is 22.1. The second-order valence-corrected chi connectivity index (χ2v) is 12.3. The molecule has 198 valence electrons. The molecule has 0 radical (unpaired) electrons. The van der Waals surface area contributed by atoms with Gasteiger partial charge in [-0.25, -0.2) is 0 Å². The van der Waals surface area contributed by atoms with E-state index >= 15 is 0 Å². The zero-order valence-electron chi connectivity index (χ0n) is 22.1. The first-order chi connectivity index (χ1) is 16.6. The maximum Gasteiger partial charge on any atom is 0.300 e. The molecule has 6 heteroatoms. The SMILES string of the molecule is CC(=O)O.CO[C@H](OC1CCCC1)[C@]1(O)CC[C@H]2[C@@H]3[C@H](C)CC4=CCCC[C@]4(C=O)[C@H]3CC[C@@]21C. The van der Waals surface area contributed by atoms with Crippen molar-refractivity contribution < 1.29 is 29.3 Å². The van der Waals surface area contributed by atoms with Crippen molar-refractivity contribution in [2.75, 3.05) is 7.11 Å². The molecule has 2 N–H and O–H groups in total. The molecule has 0 bridgehead atoms. The van der Waals surface area contributed by atoms with Gasteiger partial charge in [-0.15, -0.1) is 0 Å². The Bertz CT molecular complexity index is 814. The Labute approximate surface area is 210 Å². The highest BCUT2D eigenvalue weighted by Crippen LogP contribution is 2.69. The predicted octanol–water partition coefficient (Wildman–Crippen LogP) is 5.52. The number of aldehydes is 1. The van der Waals surface area contributed by atoms with Crippen molar-refractivity contribution in [2.24, 2.45) is 34.5 Å². The van der Waals surface area contributed by atoms with Crippen LogP contribution in [0.5, 0.6) is 0 Å². The number of hydrogen-bond donors (Lipinski definition) is 2. The molecule has 8 atom stereocenters. The van der Waals surface area contributed by atoms with Gasteiger partial charge in [0.2, 0.25) is 0 Å². The predicted molar refractivity (Wildman–Crippen MR) is 134 cm³/mol. The minimum Gasteiger partial charge on any atom is -0.481 e.